The number of fused-ring (bicyclic) bond motifs is 1. The third-order valence-electron chi connectivity index (χ3n) is 5.97. The molecule has 0 N–H and O–H groups in total. The molecule has 150 valence electrons. The minimum atomic E-state index is -0.547. The van der Waals surface area contributed by atoms with E-state index in [2.05, 4.69) is 4.98 Å². The molecular formula is C26H17FN2O2. The minimum absolute atomic E-state index is 0.0512. The second kappa shape index (κ2) is 6.51. The number of rotatable bonds is 2. The molecule has 1 aliphatic heterocycles. The molecule has 0 aliphatic carbocycles. The molecule has 0 saturated heterocycles. The molecule has 0 atom stereocenters. The van der Waals surface area contributed by atoms with Crippen molar-refractivity contribution >= 4 is 21.7 Å². The van der Waals surface area contributed by atoms with Crippen LogP contribution < -0.4 is 10.3 Å². The fourth-order valence-corrected chi connectivity index (χ4v) is 4.56. The molecular weight excluding hydrogens is 391 g/mol. The lowest BCUT2D eigenvalue weighted by atomic mass is 9.96. The molecule has 5 aromatic rings. The molecule has 3 heterocycles. The standard InChI is InChI=1S/C26H17FN2O2/c1-15-6-2-3-9-17(15)25-18-14-31-21-12-11-19(27)23(22(18)21)26(30)29(25)20-10-4-7-16-8-5-13-28-24(16)20/h2-13H,14H2,1H3. The first-order valence-electron chi connectivity index (χ1n) is 10.1. The predicted octanol–water partition coefficient (Wildman–Crippen LogP) is 5.55. The topological polar surface area (TPSA) is 44.1 Å². The van der Waals surface area contributed by atoms with Gasteiger partial charge in [0.25, 0.3) is 5.56 Å². The Morgan fingerprint density at radius 1 is 0.968 bits per heavy atom. The molecule has 5 heteroatoms. The minimum Gasteiger partial charge on any atom is -0.488 e. The quantitative estimate of drug-likeness (QED) is 0.385. The van der Waals surface area contributed by atoms with Crippen molar-refractivity contribution in [2.75, 3.05) is 0 Å². The Labute approximate surface area is 177 Å². The van der Waals surface area contributed by atoms with Crippen LogP contribution in [-0.2, 0) is 6.61 Å². The van der Waals surface area contributed by atoms with Gasteiger partial charge >= 0.3 is 0 Å². The molecule has 0 fully saturated rings. The lowest BCUT2D eigenvalue weighted by molar-refractivity contribution is 0.326. The van der Waals surface area contributed by atoms with Gasteiger partial charge in [0.1, 0.15) is 18.2 Å². The fourth-order valence-electron chi connectivity index (χ4n) is 4.56. The van der Waals surface area contributed by atoms with Gasteiger partial charge in [0.05, 0.1) is 22.3 Å². The van der Waals surface area contributed by atoms with E-state index in [0.717, 1.165) is 27.8 Å². The summed E-state index contributed by atoms with van der Waals surface area (Å²) in [4.78, 5) is 18.4. The van der Waals surface area contributed by atoms with Crippen LogP contribution in [0.1, 0.15) is 11.1 Å². The maximum atomic E-state index is 15.0. The van der Waals surface area contributed by atoms with E-state index in [-0.39, 0.29) is 12.0 Å². The van der Waals surface area contributed by atoms with Crippen LogP contribution in [0.3, 0.4) is 0 Å². The number of pyridine rings is 2. The van der Waals surface area contributed by atoms with Gasteiger partial charge in [-0.05, 0) is 36.8 Å². The SMILES string of the molecule is Cc1ccccc1-c1c2c3c(ccc(F)c3c(=O)n1-c1cccc3cccnc13)OC2. The Bertz CT molecular complexity index is 1580. The molecule has 0 radical (unpaired) electrons. The molecule has 0 amide bonds. The van der Waals surface area contributed by atoms with Crippen molar-refractivity contribution in [2.45, 2.75) is 13.5 Å². The number of hydrogen-bond acceptors (Lipinski definition) is 3. The van der Waals surface area contributed by atoms with E-state index in [1.54, 1.807) is 16.8 Å². The van der Waals surface area contributed by atoms with Crippen LogP contribution in [0.4, 0.5) is 4.39 Å². The van der Waals surface area contributed by atoms with Gasteiger partial charge in [0.15, 0.2) is 0 Å². The number of nitrogens with zero attached hydrogens (tertiary/aromatic N) is 2. The van der Waals surface area contributed by atoms with Crippen molar-refractivity contribution < 1.29 is 9.13 Å². The Balaban J connectivity index is 1.88. The van der Waals surface area contributed by atoms with E-state index in [1.807, 2.05) is 61.5 Å². The van der Waals surface area contributed by atoms with Crippen LogP contribution in [0.2, 0.25) is 0 Å². The Kier molecular flexibility index (Phi) is 3.74. The summed E-state index contributed by atoms with van der Waals surface area (Å²) in [5.41, 5.74) is 4.35. The molecule has 0 unspecified atom stereocenters. The molecule has 2 aromatic heterocycles. The van der Waals surface area contributed by atoms with Crippen molar-refractivity contribution in [1.29, 1.82) is 0 Å². The zero-order valence-electron chi connectivity index (χ0n) is 16.7. The first-order valence-corrected chi connectivity index (χ1v) is 10.1. The molecule has 31 heavy (non-hydrogen) atoms. The van der Waals surface area contributed by atoms with E-state index >= 15 is 0 Å². The highest BCUT2D eigenvalue weighted by molar-refractivity contribution is 5.98. The first-order chi connectivity index (χ1) is 15.1. The van der Waals surface area contributed by atoms with E-state index in [0.29, 0.717) is 22.3 Å². The fraction of sp³-hybridized carbons (Fsp3) is 0.0769. The highest BCUT2D eigenvalue weighted by Crippen LogP contribution is 2.42. The van der Waals surface area contributed by atoms with Crippen molar-refractivity contribution in [3.63, 3.8) is 0 Å². The van der Waals surface area contributed by atoms with Gasteiger partial charge in [-0.3, -0.25) is 14.3 Å². The molecule has 6 rings (SSSR count). The van der Waals surface area contributed by atoms with Gasteiger partial charge in [-0.1, -0.05) is 42.5 Å². The average Bonchev–Trinajstić information content (AvgIpc) is 3.21. The largest absolute Gasteiger partial charge is 0.488 e. The highest BCUT2D eigenvalue weighted by Gasteiger charge is 2.29. The Hall–Kier alpha value is -3.99. The number of benzene rings is 3. The summed E-state index contributed by atoms with van der Waals surface area (Å²) < 4.78 is 22.5. The Morgan fingerprint density at radius 2 is 1.81 bits per heavy atom. The monoisotopic (exact) mass is 408 g/mol. The molecule has 0 spiro atoms. The van der Waals surface area contributed by atoms with Crippen LogP contribution in [0.25, 0.3) is 38.6 Å². The zero-order valence-corrected chi connectivity index (χ0v) is 16.7. The maximum Gasteiger partial charge on any atom is 0.266 e. The number of para-hydroxylation sites is 1. The average molecular weight is 408 g/mol. The highest BCUT2D eigenvalue weighted by atomic mass is 19.1. The molecule has 0 saturated carbocycles. The van der Waals surface area contributed by atoms with Crippen molar-refractivity contribution in [1.82, 2.24) is 9.55 Å². The van der Waals surface area contributed by atoms with E-state index < -0.39 is 11.4 Å². The smallest absolute Gasteiger partial charge is 0.266 e. The van der Waals surface area contributed by atoms with E-state index in [4.69, 9.17) is 4.74 Å². The lowest BCUT2D eigenvalue weighted by Crippen LogP contribution is -2.23. The third-order valence-corrected chi connectivity index (χ3v) is 5.97. The molecule has 1 aliphatic rings. The van der Waals surface area contributed by atoms with Gasteiger partial charge in [-0.25, -0.2) is 4.39 Å². The summed E-state index contributed by atoms with van der Waals surface area (Å²) in [5.74, 6) is -0.00434. The van der Waals surface area contributed by atoms with Gasteiger partial charge < -0.3 is 4.74 Å². The van der Waals surface area contributed by atoms with Gasteiger partial charge in [-0.15, -0.1) is 0 Å². The van der Waals surface area contributed by atoms with Crippen LogP contribution >= 0.6 is 0 Å². The molecule has 4 nitrogen and oxygen atoms in total. The number of hydrogen-bond donors (Lipinski definition) is 0. The van der Waals surface area contributed by atoms with Crippen LogP contribution in [0.15, 0.2) is 77.7 Å². The third kappa shape index (κ3) is 2.46. The summed E-state index contributed by atoms with van der Waals surface area (Å²) in [6.07, 6.45) is 1.70. The summed E-state index contributed by atoms with van der Waals surface area (Å²) in [5, 5.41) is 1.52. The van der Waals surface area contributed by atoms with Crippen LogP contribution in [-0.4, -0.2) is 9.55 Å². The van der Waals surface area contributed by atoms with Crippen molar-refractivity contribution in [2.24, 2.45) is 0 Å². The Morgan fingerprint density at radius 3 is 2.68 bits per heavy atom. The maximum absolute atomic E-state index is 15.0. The number of aromatic nitrogens is 2. The number of ether oxygens (including phenoxy) is 1. The predicted molar refractivity (Wildman–Crippen MR) is 119 cm³/mol. The summed E-state index contributed by atoms with van der Waals surface area (Å²) >= 11 is 0. The van der Waals surface area contributed by atoms with Gasteiger partial charge in [0.2, 0.25) is 0 Å². The zero-order chi connectivity index (χ0) is 21.1. The van der Waals surface area contributed by atoms with Crippen molar-refractivity contribution in [3.05, 3.63) is 100 Å². The van der Waals surface area contributed by atoms with Crippen LogP contribution in [0.5, 0.6) is 5.75 Å². The summed E-state index contributed by atoms with van der Waals surface area (Å²) in [7, 11) is 0. The van der Waals surface area contributed by atoms with E-state index in [9.17, 15) is 9.18 Å². The normalized spacial score (nSPS) is 12.5. The van der Waals surface area contributed by atoms with Gasteiger partial charge in [-0.2, -0.15) is 0 Å². The van der Waals surface area contributed by atoms with E-state index in [1.165, 1.54) is 6.07 Å². The van der Waals surface area contributed by atoms with Crippen molar-refractivity contribution in [3.8, 4) is 22.7 Å². The number of halogens is 1. The van der Waals surface area contributed by atoms with Gasteiger partial charge in [0, 0.05) is 28.1 Å². The second-order valence-electron chi connectivity index (χ2n) is 7.72. The lowest BCUT2D eigenvalue weighted by Gasteiger charge is -2.19. The summed E-state index contributed by atoms with van der Waals surface area (Å²) in [6.45, 7) is 2.28. The summed E-state index contributed by atoms with van der Waals surface area (Å²) in [6, 6.07) is 20.3. The second-order valence-corrected chi connectivity index (χ2v) is 7.72. The number of aryl methyl sites for hydroxylation is 1. The first kappa shape index (κ1) is 17.8. The van der Waals surface area contributed by atoms with Crippen LogP contribution in [0, 0.1) is 12.7 Å². The molecule has 0 bridgehead atoms. The molecule has 3 aromatic carbocycles.